The van der Waals surface area contributed by atoms with Crippen molar-refractivity contribution in [2.45, 2.75) is 13.2 Å². The Balaban J connectivity index is 1.10. The molecular formula is C34H24N6O7. The number of hydrogen-bond donors (Lipinski definition) is 5. The average Bonchev–Trinajstić information content (AvgIpc) is 3.54. The minimum Gasteiger partial charge on any atom is -0.508 e. The number of ether oxygens (including phenoxy) is 1. The van der Waals surface area contributed by atoms with E-state index in [1.54, 1.807) is 18.2 Å². The van der Waals surface area contributed by atoms with Gasteiger partial charge in [-0.2, -0.15) is 9.97 Å². The van der Waals surface area contributed by atoms with Crippen LogP contribution < -0.4 is 21.2 Å². The maximum absolute atomic E-state index is 13.1. The number of carbonyl (C=O) groups excluding carboxylic acids is 1. The number of carbonyl (C=O) groups is 2. The van der Waals surface area contributed by atoms with E-state index in [1.165, 1.54) is 42.7 Å². The number of anilines is 1. The van der Waals surface area contributed by atoms with Crippen LogP contribution in [0.2, 0.25) is 0 Å². The topological polar surface area (TPSA) is 207 Å². The van der Waals surface area contributed by atoms with Crippen molar-refractivity contribution >= 4 is 40.0 Å². The van der Waals surface area contributed by atoms with Crippen LogP contribution in [0.3, 0.4) is 0 Å². The zero-order valence-corrected chi connectivity index (χ0v) is 24.4. The number of benzene rings is 4. The molecule has 0 fully saturated rings. The van der Waals surface area contributed by atoms with Crippen LogP contribution in [0, 0.1) is 0 Å². The van der Waals surface area contributed by atoms with Gasteiger partial charge in [-0.1, -0.05) is 30.3 Å². The van der Waals surface area contributed by atoms with Crippen molar-refractivity contribution in [2.75, 3.05) is 5.73 Å². The summed E-state index contributed by atoms with van der Waals surface area (Å²) in [6, 6.07) is 20.5. The number of imidazole rings is 1. The van der Waals surface area contributed by atoms with Gasteiger partial charge in [0.2, 0.25) is 11.8 Å². The highest BCUT2D eigenvalue weighted by molar-refractivity contribution is 6.09. The number of nitrogens with zero attached hydrogens (tertiary/aromatic N) is 3. The Kier molecular flexibility index (Phi) is 7.17. The third-order valence-electron chi connectivity index (χ3n) is 7.58. The molecule has 0 spiro atoms. The van der Waals surface area contributed by atoms with Gasteiger partial charge in [0, 0.05) is 40.8 Å². The predicted molar refractivity (Wildman–Crippen MR) is 171 cm³/mol. The maximum atomic E-state index is 13.1. The van der Waals surface area contributed by atoms with Gasteiger partial charge in [0.1, 0.15) is 29.2 Å². The van der Waals surface area contributed by atoms with Crippen LogP contribution in [0.25, 0.3) is 44.6 Å². The first-order valence-corrected chi connectivity index (χ1v) is 14.3. The molecule has 2 aliphatic rings. The van der Waals surface area contributed by atoms with Crippen molar-refractivity contribution in [2.24, 2.45) is 0 Å². The van der Waals surface area contributed by atoms with Crippen molar-refractivity contribution in [1.82, 2.24) is 25.3 Å². The minimum atomic E-state index is -1.24. The first kappa shape index (κ1) is 29.0. The van der Waals surface area contributed by atoms with Crippen molar-refractivity contribution in [3.05, 3.63) is 118 Å². The fraction of sp³-hybridized carbons (Fsp3) is 0.0588. The second-order valence-corrected chi connectivity index (χ2v) is 10.7. The van der Waals surface area contributed by atoms with Crippen LogP contribution in [0.15, 0.2) is 94.4 Å². The molecule has 13 heteroatoms. The highest BCUT2D eigenvalue weighted by Crippen LogP contribution is 2.42. The van der Waals surface area contributed by atoms with Gasteiger partial charge >= 0.3 is 5.97 Å². The molecule has 13 nitrogen and oxygen atoms in total. The Morgan fingerprint density at radius 3 is 2.53 bits per heavy atom. The summed E-state index contributed by atoms with van der Waals surface area (Å²) in [7, 11) is 0. The Morgan fingerprint density at radius 2 is 1.72 bits per heavy atom. The van der Waals surface area contributed by atoms with Crippen LogP contribution in [-0.2, 0) is 13.2 Å². The quantitative estimate of drug-likeness (QED) is 0.145. The summed E-state index contributed by atoms with van der Waals surface area (Å²) in [4.78, 5) is 52.9. The number of nitrogens with one attached hydrogen (secondary N) is 2. The van der Waals surface area contributed by atoms with Crippen molar-refractivity contribution in [3.8, 4) is 34.1 Å². The van der Waals surface area contributed by atoms with E-state index in [2.05, 4.69) is 25.3 Å². The van der Waals surface area contributed by atoms with Gasteiger partial charge in [-0.15, -0.1) is 0 Å². The number of fused-ring (bicyclic) bond motifs is 3. The summed E-state index contributed by atoms with van der Waals surface area (Å²) in [5, 5.41) is 23.6. The first-order chi connectivity index (χ1) is 22.7. The number of phenols is 1. The number of phenolic OH excluding ortho intramolecular Hbond substituents is 1. The van der Waals surface area contributed by atoms with E-state index in [0.717, 1.165) is 11.1 Å². The average molecular weight is 629 g/mol. The summed E-state index contributed by atoms with van der Waals surface area (Å²) in [5.74, 6) is -1.19. The smallest absolute Gasteiger partial charge is 0.336 e. The summed E-state index contributed by atoms with van der Waals surface area (Å²) >= 11 is 0. The molecule has 47 heavy (non-hydrogen) atoms. The van der Waals surface area contributed by atoms with Gasteiger partial charge in [0.15, 0.2) is 11.1 Å². The van der Waals surface area contributed by atoms with Gasteiger partial charge in [-0.25, -0.2) is 9.78 Å². The number of rotatable bonds is 8. The fourth-order valence-corrected chi connectivity index (χ4v) is 5.35. The second kappa shape index (κ2) is 11.6. The molecular weight excluding hydrogens is 604 g/mol. The number of nitrogen functional groups attached to an aromatic ring is 1. The lowest BCUT2D eigenvalue weighted by Crippen LogP contribution is -2.23. The van der Waals surface area contributed by atoms with E-state index < -0.39 is 11.9 Å². The second-order valence-electron chi connectivity index (χ2n) is 10.7. The van der Waals surface area contributed by atoms with Gasteiger partial charge < -0.3 is 35.4 Å². The summed E-state index contributed by atoms with van der Waals surface area (Å²) in [6.07, 6.45) is 1.48. The molecule has 7 rings (SSSR count). The molecule has 2 aromatic heterocycles. The molecule has 0 bridgehead atoms. The molecule has 1 aliphatic carbocycles. The summed E-state index contributed by atoms with van der Waals surface area (Å²) in [6.45, 7) is 0.401. The number of aromatic carboxylic acids is 1. The third kappa shape index (κ3) is 5.64. The normalized spacial score (nSPS) is 11.2. The number of aromatic nitrogens is 4. The summed E-state index contributed by atoms with van der Waals surface area (Å²) in [5.41, 5.74) is 9.67. The zero-order chi connectivity index (χ0) is 32.7. The van der Waals surface area contributed by atoms with Crippen LogP contribution in [-0.4, -0.2) is 42.0 Å². The lowest BCUT2D eigenvalue weighted by Gasteiger charge is -2.17. The lowest BCUT2D eigenvalue weighted by atomic mass is 9.90. The van der Waals surface area contributed by atoms with E-state index >= 15 is 0 Å². The van der Waals surface area contributed by atoms with E-state index in [9.17, 15) is 24.6 Å². The SMILES string of the molecule is Nc1nc(OCc2ccc(CNC(=O)c3ccc(-c4c5ccc(=O)cc-5oc5cc(O)ccc45)c(C(=O)O)c3)cc2)c2[nH]cnc2n1. The van der Waals surface area contributed by atoms with E-state index in [-0.39, 0.29) is 58.6 Å². The Morgan fingerprint density at radius 1 is 0.936 bits per heavy atom. The Bertz CT molecular complexity index is 2360. The zero-order valence-electron chi connectivity index (χ0n) is 24.4. The van der Waals surface area contributed by atoms with E-state index in [1.807, 2.05) is 24.3 Å². The minimum absolute atomic E-state index is 0.0499. The van der Waals surface area contributed by atoms with Gasteiger partial charge in [-0.3, -0.25) is 9.59 Å². The first-order valence-electron chi connectivity index (χ1n) is 14.3. The molecule has 1 amide bonds. The molecule has 0 unspecified atom stereocenters. The van der Waals surface area contributed by atoms with Crippen LogP contribution in [0.4, 0.5) is 5.95 Å². The molecule has 3 heterocycles. The lowest BCUT2D eigenvalue weighted by molar-refractivity contribution is 0.0697. The largest absolute Gasteiger partial charge is 0.508 e. The molecule has 1 aliphatic heterocycles. The van der Waals surface area contributed by atoms with Gasteiger partial charge in [0.05, 0.1) is 11.9 Å². The van der Waals surface area contributed by atoms with Gasteiger partial charge in [-0.05, 0) is 53.1 Å². The van der Waals surface area contributed by atoms with Crippen molar-refractivity contribution in [1.29, 1.82) is 0 Å². The molecule has 5 aromatic rings. The third-order valence-corrected chi connectivity index (χ3v) is 7.58. The van der Waals surface area contributed by atoms with E-state index in [0.29, 0.717) is 33.2 Å². The summed E-state index contributed by atoms with van der Waals surface area (Å²) < 4.78 is 11.7. The number of H-pyrrole nitrogens is 1. The molecule has 0 radical (unpaired) electrons. The number of carboxylic acid groups (broad SMARTS) is 1. The molecule has 0 atom stereocenters. The van der Waals surface area contributed by atoms with Crippen LogP contribution >= 0.6 is 0 Å². The fourth-order valence-electron chi connectivity index (χ4n) is 5.35. The van der Waals surface area contributed by atoms with Crippen LogP contribution in [0.1, 0.15) is 31.8 Å². The molecule has 232 valence electrons. The van der Waals surface area contributed by atoms with Crippen molar-refractivity contribution in [3.63, 3.8) is 0 Å². The van der Waals surface area contributed by atoms with Crippen LogP contribution in [0.5, 0.6) is 11.6 Å². The highest BCUT2D eigenvalue weighted by atomic mass is 16.5. The predicted octanol–water partition coefficient (Wildman–Crippen LogP) is 4.73. The Hall–Kier alpha value is -6.76. The number of aromatic hydroxyl groups is 1. The van der Waals surface area contributed by atoms with Crippen molar-refractivity contribution < 1.29 is 29.0 Å². The number of nitrogens with two attached hydrogens (primary N) is 1. The number of carboxylic acids is 1. The number of hydrogen-bond acceptors (Lipinski definition) is 10. The molecule has 0 saturated heterocycles. The molecule has 0 saturated carbocycles. The standard InChI is InChI=1S/C34H24N6O7/c35-34-39-30-29(37-16-38-30)32(40-34)46-15-18-3-1-17(2-4-18)14-36-31(43)19-5-8-22(25(11-19)33(44)45)28-23-9-6-20(41)12-26(23)47-27-13-21(42)7-10-24(27)28/h1-13,16,41H,14-15H2,(H,36,43)(H,44,45)(H3,35,37,38,39,40). The maximum Gasteiger partial charge on any atom is 0.336 e. The highest BCUT2D eigenvalue weighted by Gasteiger charge is 2.23. The van der Waals surface area contributed by atoms with E-state index in [4.69, 9.17) is 14.9 Å². The number of aromatic amines is 1. The molecule has 6 N–H and O–H groups in total. The Labute approximate surface area is 264 Å². The molecule has 3 aromatic carbocycles. The number of amides is 1. The van der Waals surface area contributed by atoms with Gasteiger partial charge in [0.25, 0.3) is 5.91 Å². The monoisotopic (exact) mass is 628 g/mol.